The quantitative estimate of drug-likeness (QED) is 0.382. The molecule has 2 amide bonds. The maximum Gasteiger partial charge on any atom is 0.416 e. The van der Waals surface area contributed by atoms with Gasteiger partial charge in [-0.2, -0.15) is 13.2 Å². The van der Waals surface area contributed by atoms with Crippen LogP contribution in [0.5, 0.6) is 0 Å². The van der Waals surface area contributed by atoms with Gasteiger partial charge < -0.3 is 10.2 Å². The number of nitro benzene ring substituents is 1. The highest BCUT2D eigenvalue weighted by molar-refractivity contribution is 8.00. The minimum Gasteiger partial charge on any atom is -0.345 e. The summed E-state index contributed by atoms with van der Waals surface area (Å²) in [4.78, 5) is 35.5. The second-order valence-electron chi connectivity index (χ2n) is 6.17. The first-order valence-electron chi connectivity index (χ1n) is 8.19. The molecule has 30 heavy (non-hydrogen) atoms. The molecule has 0 radical (unpaired) electrons. The van der Waals surface area contributed by atoms with Gasteiger partial charge in [0.2, 0.25) is 5.91 Å². The molecule has 0 fully saturated rings. The number of carbonyl (C=O) groups excluding carboxylic acids is 2. The summed E-state index contributed by atoms with van der Waals surface area (Å²) in [5.41, 5.74) is -1.35. The highest BCUT2D eigenvalue weighted by atomic mass is 35.5. The van der Waals surface area contributed by atoms with Crippen LogP contribution in [0.2, 0.25) is 5.02 Å². The van der Waals surface area contributed by atoms with E-state index in [1.807, 2.05) is 0 Å². The van der Waals surface area contributed by atoms with E-state index in [1.54, 1.807) is 14.1 Å². The summed E-state index contributed by atoms with van der Waals surface area (Å²) in [5.74, 6) is -1.16. The number of nitrogens with one attached hydrogen (secondary N) is 1. The monoisotopic (exact) mass is 461 g/mol. The summed E-state index contributed by atoms with van der Waals surface area (Å²) < 4.78 is 38.2. The van der Waals surface area contributed by atoms with Gasteiger partial charge in [0.05, 0.1) is 31.7 Å². The normalized spacial score (nSPS) is 11.1. The second kappa shape index (κ2) is 9.35. The van der Waals surface area contributed by atoms with Crippen molar-refractivity contribution in [3.05, 3.63) is 62.7 Å². The van der Waals surface area contributed by atoms with Gasteiger partial charge in [-0.3, -0.25) is 19.7 Å². The van der Waals surface area contributed by atoms with E-state index in [4.69, 9.17) is 11.6 Å². The predicted octanol–water partition coefficient (Wildman–Crippen LogP) is 4.70. The van der Waals surface area contributed by atoms with Crippen molar-refractivity contribution < 1.29 is 27.7 Å². The molecular formula is C18H15ClF3N3O4S. The van der Waals surface area contributed by atoms with E-state index in [1.165, 1.54) is 23.1 Å². The van der Waals surface area contributed by atoms with Gasteiger partial charge in [0, 0.05) is 25.8 Å². The molecule has 0 aliphatic carbocycles. The van der Waals surface area contributed by atoms with E-state index in [0.717, 1.165) is 17.8 Å². The first-order chi connectivity index (χ1) is 13.9. The van der Waals surface area contributed by atoms with Crippen LogP contribution >= 0.6 is 23.4 Å². The minimum atomic E-state index is -4.72. The second-order valence-corrected chi connectivity index (χ2v) is 7.59. The van der Waals surface area contributed by atoms with Gasteiger partial charge >= 0.3 is 6.18 Å². The van der Waals surface area contributed by atoms with Gasteiger partial charge in [-0.1, -0.05) is 11.6 Å². The van der Waals surface area contributed by atoms with Crippen molar-refractivity contribution in [2.45, 2.75) is 11.1 Å². The smallest absolute Gasteiger partial charge is 0.345 e. The lowest BCUT2D eigenvalue weighted by molar-refractivity contribution is -0.388. The van der Waals surface area contributed by atoms with Gasteiger partial charge in [0.1, 0.15) is 0 Å². The predicted molar refractivity (Wildman–Crippen MR) is 107 cm³/mol. The van der Waals surface area contributed by atoms with Crippen LogP contribution in [0.3, 0.4) is 0 Å². The molecule has 1 N–H and O–H groups in total. The van der Waals surface area contributed by atoms with Crippen LogP contribution in [0.1, 0.15) is 15.9 Å². The van der Waals surface area contributed by atoms with Crippen molar-refractivity contribution in [3.8, 4) is 0 Å². The first-order valence-corrected chi connectivity index (χ1v) is 9.56. The van der Waals surface area contributed by atoms with Crippen molar-refractivity contribution >= 4 is 46.6 Å². The number of nitrogens with zero attached hydrogens (tertiary/aromatic N) is 2. The van der Waals surface area contributed by atoms with Gasteiger partial charge in [-0.05, 0) is 30.3 Å². The molecule has 0 saturated carbocycles. The molecule has 0 aliphatic rings. The fourth-order valence-electron chi connectivity index (χ4n) is 2.31. The molecule has 0 saturated heterocycles. The SMILES string of the molecule is CN(C)C(=O)c1ccc(NC(=O)CSc2ccc(C(F)(F)F)cc2[N+](=O)[O-])cc1Cl. The van der Waals surface area contributed by atoms with E-state index < -0.39 is 28.3 Å². The zero-order chi connectivity index (χ0) is 22.6. The Labute approximate surface area is 178 Å². The Bertz CT molecular complexity index is 999. The zero-order valence-electron chi connectivity index (χ0n) is 15.6. The van der Waals surface area contributed by atoms with Crippen LogP contribution in [-0.2, 0) is 11.0 Å². The summed E-state index contributed by atoms with van der Waals surface area (Å²) in [6.07, 6.45) is -4.72. The summed E-state index contributed by atoms with van der Waals surface area (Å²) >= 11 is 6.78. The van der Waals surface area contributed by atoms with Crippen molar-refractivity contribution in [1.82, 2.24) is 4.90 Å². The highest BCUT2D eigenvalue weighted by Crippen LogP contribution is 2.36. The van der Waals surface area contributed by atoms with Crippen LogP contribution in [0.15, 0.2) is 41.3 Å². The van der Waals surface area contributed by atoms with E-state index in [9.17, 15) is 32.9 Å². The third-order valence-electron chi connectivity index (χ3n) is 3.73. The molecule has 2 aromatic rings. The van der Waals surface area contributed by atoms with Gasteiger partial charge in [-0.15, -0.1) is 11.8 Å². The number of hydrogen-bond donors (Lipinski definition) is 1. The Morgan fingerprint density at radius 3 is 2.40 bits per heavy atom. The first kappa shape index (κ1) is 23.5. The number of amides is 2. The molecule has 7 nitrogen and oxygen atoms in total. The molecule has 0 heterocycles. The number of nitro groups is 1. The lowest BCUT2D eigenvalue weighted by atomic mass is 10.2. The third-order valence-corrected chi connectivity index (χ3v) is 5.11. The summed E-state index contributed by atoms with van der Waals surface area (Å²) in [5, 5.41) is 13.7. The Morgan fingerprint density at radius 2 is 1.87 bits per heavy atom. The van der Waals surface area contributed by atoms with E-state index in [0.29, 0.717) is 17.8 Å². The average molecular weight is 462 g/mol. The molecule has 0 aromatic heterocycles. The summed E-state index contributed by atoms with van der Waals surface area (Å²) in [6.45, 7) is 0. The fourth-order valence-corrected chi connectivity index (χ4v) is 3.37. The van der Waals surface area contributed by atoms with Crippen LogP contribution in [0.4, 0.5) is 24.5 Å². The molecule has 0 atom stereocenters. The van der Waals surface area contributed by atoms with Crippen LogP contribution in [0, 0.1) is 10.1 Å². The third kappa shape index (κ3) is 5.86. The molecule has 0 aliphatic heterocycles. The molecule has 12 heteroatoms. The highest BCUT2D eigenvalue weighted by Gasteiger charge is 2.33. The number of thioether (sulfide) groups is 1. The lowest BCUT2D eigenvalue weighted by Gasteiger charge is -2.13. The van der Waals surface area contributed by atoms with E-state index in [2.05, 4.69) is 5.32 Å². The molecule has 0 spiro atoms. The summed E-state index contributed by atoms with van der Waals surface area (Å²) in [6, 6.07) is 6.38. The van der Waals surface area contributed by atoms with Gasteiger partial charge in [0.15, 0.2) is 0 Å². The van der Waals surface area contributed by atoms with Crippen LogP contribution < -0.4 is 5.32 Å². The van der Waals surface area contributed by atoms with E-state index >= 15 is 0 Å². The van der Waals surface area contributed by atoms with Crippen molar-refractivity contribution in [1.29, 1.82) is 0 Å². The Kier molecular flexibility index (Phi) is 7.32. The number of benzene rings is 2. The molecule has 2 aromatic carbocycles. The maximum absolute atomic E-state index is 12.7. The average Bonchev–Trinajstić information content (AvgIpc) is 2.65. The van der Waals surface area contributed by atoms with Crippen LogP contribution in [0.25, 0.3) is 0 Å². The van der Waals surface area contributed by atoms with Crippen molar-refractivity contribution in [2.75, 3.05) is 25.2 Å². The van der Waals surface area contributed by atoms with Crippen LogP contribution in [-0.4, -0.2) is 41.5 Å². The topological polar surface area (TPSA) is 92.6 Å². The number of halogens is 4. The number of carbonyl (C=O) groups is 2. The van der Waals surface area contributed by atoms with Gasteiger partial charge in [0.25, 0.3) is 11.6 Å². The molecule has 160 valence electrons. The van der Waals surface area contributed by atoms with E-state index in [-0.39, 0.29) is 27.1 Å². The number of alkyl halides is 3. The van der Waals surface area contributed by atoms with Crippen molar-refractivity contribution in [3.63, 3.8) is 0 Å². The van der Waals surface area contributed by atoms with Crippen molar-refractivity contribution in [2.24, 2.45) is 0 Å². The Balaban J connectivity index is 2.09. The lowest BCUT2D eigenvalue weighted by Crippen LogP contribution is -2.22. The summed E-state index contributed by atoms with van der Waals surface area (Å²) in [7, 11) is 3.12. The molecular weight excluding hydrogens is 447 g/mol. The Morgan fingerprint density at radius 1 is 1.20 bits per heavy atom. The zero-order valence-corrected chi connectivity index (χ0v) is 17.2. The standard InChI is InChI=1S/C18H15ClF3N3O4S/c1-24(2)17(27)12-5-4-11(8-13(12)19)23-16(26)9-30-15-6-3-10(18(20,21)22)7-14(15)25(28)29/h3-8H,9H2,1-2H3,(H,23,26). The van der Waals surface area contributed by atoms with Gasteiger partial charge in [-0.25, -0.2) is 0 Å². The number of anilines is 1. The molecule has 2 rings (SSSR count). The minimum absolute atomic E-state index is 0.0758. The Hall–Kier alpha value is -2.79. The fraction of sp³-hybridized carbons (Fsp3) is 0.222. The molecule has 0 bridgehead atoms. The largest absolute Gasteiger partial charge is 0.416 e. The molecule has 0 unspecified atom stereocenters. The number of hydrogen-bond acceptors (Lipinski definition) is 5. The number of rotatable bonds is 6. The maximum atomic E-state index is 12.7.